The fraction of sp³-hybridized carbons (Fsp3) is 0.259. The number of phenols is 1. The van der Waals surface area contributed by atoms with E-state index in [0.29, 0.717) is 16.8 Å². The molecule has 0 fully saturated rings. The molecule has 1 aliphatic rings. The van der Waals surface area contributed by atoms with E-state index in [1.807, 2.05) is 6.07 Å². The first-order valence-electron chi connectivity index (χ1n) is 11.7. The normalized spacial score (nSPS) is 14.8. The number of rotatable bonds is 5. The lowest BCUT2D eigenvalue weighted by Crippen LogP contribution is -2.24. The molecule has 0 bridgehead atoms. The molecule has 9 nitrogen and oxygen atoms in total. The summed E-state index contributed by atoms with van der Waals surface area (Å²) >= 11 is 0. The number of hydrogen-bond donors (Lipinski definition) is 3. The van der Waals surface area contributed by atoms with Crippen LogP contribution >= 0.6 is 0 Å². The number of aromatic hydroxyl groups is 1. The smallest absolute Gasteiger partial charge is 0.371 e. The minimum Gasteiger partial charge on any atom is -0.505 e. The van der Waals surface area contributed by atoms with Gasteiger partial charge in [0.15, 0.2) is 11.4 Å². The van der Waals surface area contributed by atoms with E-state index in [1.54, 1.807) is 25.1 Å². The number of nitrogens with zero attached hydrogens (tertiary/aromatic N) is 3. The second kappa shape index (κ2) is 8.67. The molecule has 2 heterocycles. The zero-order valence-corrected chi connectivity index (χ0v) is 20.2. The third-order valence-corrected chi connectivity index (χ3v) is 6.76. The second-order valence-corrected chi connectivity index (χ2v) is 9.68. The van der Waals surface area contributed by atoms with E-state index in [1.165, 1.54) is 28.1 Å². The molecule has 0 radical (unpaired) electrons. The van der Waals surface area contributed by atoms with Gasteiger partial charge in [-0.05, 0) is 67.0 Å². The molecule has 1 aliphatic carbocycles. The Labute approximate surface area is 206 Å². The minimum atomic E-state index is -1.21. The number of hydrogen-bond acceptors (Lipinski definition) is 6. The quantitative estimate of drug-likeness (QED) is 0.290. The van der Waals surface area contributed by atoms with Gasteiger partial charge in [0.05, 0.1) is 17.6 Å². The first-order chi connectivity index (χ1) is 17.2. The zero-order chi connectivity index (χ0) is 25.6. The molecule has 9 heteroatoms. The van der Waals surface area contributed by atoms with Gasteiger partial charge < -0.3 is 14.6 Å². The number of aromatic nitrogens is 2. The maximum absolute atomic E-state index is 13.2. The molecule has 36 heavy (non-hydrogen) atoms. The number of nitrogens with one attached hydrogen (secondary N) is 1. The van der Waals surface area contributed by atoms with Crippen LogP contribution in [-0.2, 0) is 11.8 Å². The fourth-order valence-corrected chi connectivity index (χ4v) is 4.78. The lowest BCUT2D eigenvalue weighted by molar-refractivity contribution is 0.0662. The SMILES string of the molecule is Cc1[nH]n(-c2ccc3c(c2)C(C)(C)CCC3)c(=O)c1N=Nc1cccc(-c2coc(C(=O)O)c2)c1O. The van der Waals surface area contributed by atoms with Crippen LogP contribution in [0, 0.1) is 6.92 Å². The van der Waals surface area contributed by atoms with E-state index in [2.05, 4.69) is 41.3 Å². The standard InChI is InChI=1S/C27H26N4O5/c1-15-23(25(33)31(30-15)18-10-9-16-6-5-11-27(2,3)20(16)13-18)29-28-21-8-4-7-19(24(21)32)17-12-22(26(34)35)36-14-17/h4,7-10,12-14,30,32H,5-6,11H2,1-3H3,(H,34,35). The number of carboxylic acids is 1. The number of azo groups is 1. The highest BCUT2D eigenvalue weighted by molar-refractivity contribution is 5.87. The molecular formula is C27H26N4O5. The number of aromatic amines is 1. The molecule has 0 unspecified atom stereocenters. The van der Waals surface area contributed by atoms with E-state index >= 15 is 0 Å². The number of para-hydroxylation sites is 1. The Balaban J connectivity index is 1.49. The fourth-order valence-electron chi connectivity index (χ4n) is 4.78. The summed E-state index contributed by atoms with van der Waals surface area (Å²) in [6, 6.07) is 12.2. The van der Waals surface area contributed by atoms with Crippen molar-refractivity contribution in [1.82, 2.24) is 9.78 Å². The highest BCUT2D eigenvalue weighted by Crippen LogP contribution is 2.39. The van der Waals surface area contributed by atoms with Crippen molar-refractivity contribution >= 4 is 17.3 Å². The van der Waals surface area contributed by atoms with Crippen molar-refractivity contribution in [3.05, 3.63) is 81.7 Å². The van der Waals surface area contributed by atoms with Crippen LogP contribution in [0.4, 0.5) is 11.4 Å². The van der Waals surface area contributed by atoms with Gasteiger partial charge in [-0.1, -0.05) is 32.0 Å². The number of carboxylic acid groups (broad SMARTS) is 1. The van der Waals surface area contributed by atoms with Gasteiger partial charge in [-0.2, -0.15) is 0 Å². The zero-order valence-electron chi connectivity index (χ0n) is 20.2. The summed E-state index contributed by atoms with van der Waals surface area (Å²) in [5, 5.41) is 31.1. The van der Waals surface area contributed by atoms with E-state index in [9.17, 15) is 14.7 Å². The molecule has 4 aromatic rings. The Morgan fingerprint density at radius 3 is 2.72 bits per heavy atom. The Kier molecular flexibility index (Phi) is 5.62. The third-order valence-electron chi connectivity index (χ3n) is 6.76. The Morgan fingerprint density at radius 1 is 1.17 bits per heavy atom. The number of aromatic carboxylic acids is 1. The van der Waals surface area contributed by atoms with Crippen LogP contribution in [0.2, 0.25) is 0 Å². The number of aryl methyl sites for hydroxylation is 2. The lowest BCUT2D eigenvalue weighted by Gasteiger charge is -2.32. The van der Waals surface area contributed by atoms with Gasteiger partial charge in [0.2, 0.25) is 5.76 Å². The van der Waals surface area contributed by atoms with Crippen LogP contribution < -0.4 is 5.56 Å². The van der Waals surface area contributed by atoms with Crippen LogP contribution in [0.3, 0.4) is 0 Å². The van der Waals surface area contributed by atoms with Crippen LogP contribution in [-0.4, -0.2) is 26.0 Å². The summed E-state index contributed by atoms with van der Waals surface area (Å²) in [4.78, 5) is 24.3. The second-order valence-electron chi connectivity index (χ2n) is 9.68. The van der Waals surface area contributed by atoms with Crippen LogP contribution in [0.15, 0.2) is 68.2 Å². The Morgan fingerprint density at radius 2 is 1.97 bits per heavy atom. The molecule has 0 saturated carbocycles. The summed E-state index contributed by atoms with van der Waals surface area (Å²) in [6.45, 7) is 6.19. The molecule has 5 rings (SSSR count). The summed E-state index contributed by atoms with van der Waals surface area (Å²) in [7, 11) is 0. The summed E-state index contributed by atoms with van der Waals surface area (Å²) in [5.41, 5.74) is 4.52. The molecule has 0 spiro atoms. The topological polar surface area (TPSA) is 133 Å². The average molecular weight is 487 g/mol. The molecule has 0 saturated heterocycles. The van der Waals surface area contributed by atoms with Gasteiger partial charge in [-0.15, -0.1) is 10.2 Å². The number of benzene rings is 2. The van der Waals surface area contributed by atoms with Crippen LogP contribution in [0.1, 0.15) is 54.1 Å². The Bertz CT molecular complexity index is 1570. The molecule has 0 amide bonds. The predicted molar refractivity (Wildman–Crippen MR) is 134 cm³/mol. The van der Waals surface area contributed by atoms with Gasteiger partial charge in [-0.3, -0.25) is 9.89 Å². The van der Waals surface area contributed by atoms with Crippen molar-refractivity contribution in [1.29, 1.82) is 0 Å². The van der Waals surface area contributed by atoms with Crippen molar-refractivity contribution in [2.45, 2.75) is 45.4 Å². The molecule has 2 aromatic carbocycles. The summed E-state index contributed by atoms with van der Waals surface area (Å²) in [5.74, 6) is -1.66. The van der Waals surface area contributed by atoms with Crippen molar-refractivity contribution in [3.8, 4) is 22.6 Å². The molecular weight excluding hydrogens is 460 g/mol. The van der Waals surface area contributed by atoms with Crippen LogP contribution in [0.25, 0.3) is 16.8 Å². The Hall–Kier alpha value is -4.40. The van der Waals surface area contributed by atoms with E-state index < -0.39 is 5.97 Å². The monoisotopic (exact) mass is 486 g/mol. The summed E-state index contributed by atoms with van der Waals surface area (Å²) in [6.07, 6.45) is 4.53. The summed E-state index contributed by atoms with van der Waals surface area (Å²) < 4.78 is 6.48. The number of phenolic OH excluding ortho intramolecular Hbond substituents is 1. The van der Waals surface area contributed by atoms with Crippen molar-refractivity contribution in [2.75, 3.05) is 0 Å². The maximum Gasteiger partial charge on any atom is 0.371 e. The molecule has 184 valence electrons. The van der Waals surface area contributed by atoms with E-state index in [0.717, 1.165) is 24.9 Å². The number of H-pyrrole nitrogens is 1. The van der Waals surface area contributed by atoms with Crippen molar-refractivity contribution in [3.63, 3.8) is 0 Å². The number of furan rings is 1. The number of carbonyl (C=O) groups is 1. The van der Waals surface area contributed by atoms with E-state index in [-0.39, 0.29) is 33.9 Å². The molecule has 3 N–H and O–H groups in total. The van der Waals surface area contributed by atoms with Gasteiger partial charge in [0, 0.05) is 11.1 Å². The van der Waals surface area contributed by atoms with Gasteiger partial charge in [0.25, 0.3) is 5.56 Å². The van der Waals surface area contributed by atoms with Crippen molar-refractivity contribution in [2.24, 2.45) is 10.2 Å². The van der Waals surface area contributed by atoms with E-state index in [4.69, 9.17) is 9.52 Å². The largest absolute Gasteiger partial charge is 0.505 e. The lowest BCUT2D eigenvalue weighted by atomic mass is 9.73. The molecule has 0 aliphatic heterocycles. The third kappa shape index (κ3) is 4.02. The highest BCUT2D eigenvalue weighted by Gasteiger charge is 2.28. The van der Waals surface area contributed by atoms with Crippen LogP contribution in [0.5, 0.6) is 5.75 Å². The first-order valence-corrected chi connectivity index (χ1v) is 11.7. The first kappa shape index (κ1) is 23.3. The number of fused-ring (bicyclic) bond motifs is 1. The average Bonchev–Trinajstić information content (AvgIpc) is 3.44. The predicted octanol–water partition coefficient (Wildman–Crippen LogP) is 6.17. The maximum atomic E-state index is 13.2. The van der Waals surface area contributed by atoms with Gasteiger partial charge in [-0.25, -0.2) is 9.48 Å². The van der Waals surface area contributed by atoms with Gasteiger partial charge in [0.1, 0.15) is 5.69 Å². The van der Waals surface area contributed by atoms with Gasteiger partial charge >= 0.3 is 5.97 Å². The molecule has 0 atom stereocenters. The highest BCUT2D eigenvalue weighted by atomic mass is 16.4. The molecule has 2 aromatic heterocycles. The van der Waals surface area contributed by atoms with Crippen molar-refractivity contribution < 1.29 is 19.4 Å². The minimum absolute atomic E-state index is 0.0418.